The molecule has 0 aliphatic carbocycles. The van der Waals surface area contributed by atoms with Crippen LogP contribution in [0.15, 0.2) is 11.4 Å². The van der Waals surface area contributed by atoms with Crippen molar-refractivity contribution in [1.82, 2.24) is 0 Å². The molecular weight excluding hydrogens is 210 g/mol. The zero-order chi connectivity index (χ0) is 10.8. The third-order valence-electron chi connectivity index (χ3n) is 1.85. The smallest absolute Gasteiger partial charge is 0.303 e. The van der Waals surface area contributed by atoms with E-state index < -0.39 is 24.7 Å². The molecule has 0 fully saturated rings. The highest BCUT2D eigenvalue weighted by molar-refractivity contribution is 7.10. The molecule has 5 heteroatoms. The number of hydrogen-bond donors (Lipinski definition) is 1. The van der Waals surface area contributed by atoms with Crippen molar-refractivity contribution in [2.75, 3.05) is 0 Å². The van der Waals surface area contributed by atoms with E-state index in [0.29, 0.717) is 5.56 Å². The first-order valence-electron chi connectivity index (χ1n) is 4.07. The normalized spacial score (nSPS) is 11.6. The molecule has 1 aromatic rings. The Balaban J connectivity index is 2.75. The van der Waals surface area contributed by atoms with E-state index in [1.54, 1.807) is 18.4 Å². The number of aliphatic carboxylic acids is 1. The van der Waals surface area contributed by atoms with Crippen molar-refractivity contribution in [1.29, 1.82) is 0 Å². The molecule has 0 unspecified atom stereocenters. The fourth-order valence-corrected chi connectivity index (χ4v) is 2.06. The molecule has 0 atom stereocenters. The minimum atomic E-state index is -3.02. The molecule has 1 heterocycles. The molecule has 78 valence electrons. The minimum absolute atomic E-state index is 0.0289. The summed E-state index contributed by atoms with van der Waals surface area (Å²) < 4.78 is 26.7. The zero-order valence-corrected chi connectivity index (χ0v) is 8.41. The van der Waals surface area contributed by atoms with Crippen molar-refractivity contribution in [2.45, 2.75) is 25.7 Å². The van der Waals surface area contributed by atoms with Crippen LogP contribution in [0.4, 0.5) is 8.78 Å². The molecule has 0 aromatic carbocycles. The number of hydrogen-bond acceptors (Lipinski definition) is 2. The van der Waals surface area contributed by atoms with Crippen LogP contribution in [-0.2, 0) is 10.7 Å². The summed E-state index contributed by atoms with van der Waals surface area (Å²) in [6, 6.07) is 1.61. The quantitative estimate of drug-likeness (QED) is 0.846. The molecule has 0 aliphatic heterocycles. The third kappa shape index (κ3) is 2.51. The van der Waals surface area contributed by atoms with E-state index >= 15 is 0 Å². The molecule has 14 heavy (non-hydrogen) atoms. The SMILES string of the molecule is Cc1ccsc1C(F)(F)CCC(=O)O. The summed E-state index contributed by atoms with van der Waals surface area (Å²) in [4.78, 5) is 10.1. The van der Waals surface area contributed by atoms with Gasteiger partial charge in [-0.3, -0.25) is 4.79 Å². The summed E-state index contributed by atoms with van der Waals surface area (Å²) in [7, 11) is 0. The second kappa shape index (κ2) is 4.04. The lowest BCUT2D eigenvalue weighted by Crippen LogP contribution is -2.14. The number of halogens is 2. The third-order valence-corrected chi connectivity index (χ3v) is 2.98. The van der Waals surface area contributed by atoms with Gasteiger partial charge in [-0.05, 0) is 23.9 Å². The lowest BCUT2D eigenvalue weighted by Gasteiger charge is -2.14. The van der Waals surface area contributed by atoms with Crippen molar-refractivity contribution in [2.24, 2.45) is 0 Å². The highest BCUT2D eigenvalue weighted by Gasteiger charge is 2.34. The van der Waals surface area contributed by atoms with Crippen LogP contribution in [0.1, 0.15) is 23.3 Å². The molecule has 2 nitrogen and oxygen atoms in total. The monoisotopic (exact) mass is 220 g/mol. The van der Waals surface area contributed by atoms with Gasteiger partial charge in [-0.2, -0.15) is 0 Å². The first kappa shape index (κ1) is 11.1. The predicted molar refractivity (Wildman–Crippen MR) is 49.8 cm³/mol. The highest BCUT2D eigenvalue weighted by Crippen LogP contribution is 2.38. The van der Waals surface area contributed by atoms with Crippen molar-refractivity contribution in [3.8, 4) is 0 Å². The summed E-state index contributed by atoms with van der Waals surface area (Å²) in [6.07, 6.45) is -1.14. The number of carboxylic acids is 1. The summed E-state index contributed by atoms with van der Waals surface area (Å²) in [5.74, 6) is -4.21. The standard InChI is InChI=1S/C9H10F2O2S/c1-6-3-5-14-8(6)9(10,11)4-2-7(12)13/h3,5H,2,4H2,1H3,(H,12,13). The van der Waals surface area contributed by atoms with Gasteiger partial charge < -0.3 is 5.11 Å². The van der Waals surface area contributed by atoms with Crippen LogP contribution in [0, 0.1) is 6.92 Å². The Morgan fingerprint density at radius 1 is 1.64 bits per heavy atom. The van der Waals surface area contributed by atoms with E-state index in [-0.39, 0.29) is 4.88 Å². The van der Waals surface area contributed by atoms with Crippen LogP contribution >= 0.6 is 11.3 Å². The van der Waals surface area contributed by atoms with Gasteiger partial charge in [0.05, 0.1) is 11.3 Å². The summed E-state index contributed by atoms with van der Waals surface area (Å²) >= 11 is 0.965. The summed E-state index contributed by atoms with van der Waals surface area (Å²) in [5.41, 5.74) is 0.519. The van der Waals surface area contributed by atoms with Gasteiger partial charge >= 0.3 is 5.97 Å². The molecule has 1 aromatic heterocycles. The first-order valence-corrected chi connectivity index (χ1v) is 4.95. The molecule has 0 amide bonds. The maximum atomic E-state index is 13.4. The average Bonchev–Trinajstić information content (AvgIpc) is 2.48. The molecule has 0 saturated carbocycles. The van der Waals surface area contributed by atoms with E-state index in [2.05, 4.69) is 0 Å². The van der Waals surface area contributed by atoms with Crippen LogP contribution < -0.4 is 0 Å². The van der Waals surface area contributed by atoms with E-state index in [1.807, 2.05) is 0 Å². The molecular formula is C9H10F2O2S. The van der Waals surface area contributed by atoms with Gasteiger partial charge in [0.15, 0.2) is 0 Å². The molecule has 0 bridgehead atoms. The van der Waals surface area contributed by atoms with Gasteiger partial charge in [0.1, 0.15) is 0 Å². The van der Waals surface area contributed by atoms with Crippen LogP contribution in [0.25, 0.3) is 0 Å². The minimum Gasteiger partial charge on any atom is -0.481 e. The van der Waals surface area contributed by atoms with E-state index in [0.717, 1.165) is 11.3 Å². The lowest BCUT2D eigenvalue weighted by molar-refractivity contribution is -0.139. The van der Waals surface area contributed by atoms with Crippen LogP contribution in [-0.4, -0.2) is 11.1 Å². The second-order valence-corrected chi connectivity index (χ2v) is 3.95. The Labute approximate surface area is 84.2 Å². The molecule has 0 saturated heterocycles. The molecule has 1 rings (SSSR count). The Bertz CT molecular complexity index is 333. The van der Waals surface area contributed by atoms with Gasteiger partial charge in [0, 0.05) is 6.42 Å². The Morgan fingerprint density at radius 2 is 2.29 bits per heavy atom. The highest BCUT2D eigenvalue weighted by atomic mass is 32.1. The predicted octanol–water partition coefficient (Wildman–Crippen LogP) is 3.01. The van der Waals surface area contributed by atoms with Crippen molar-refractivity contribution in [3.63, 3.8) is 0 Å². The first-order chi connectivity index (χ1) is 6.43. The fraction of sp³-hybridized carbons (Fsp3) is 0.444. The molecule has 1 N–H and O–H groups in total. The van der Waals surface area contributed by atoms with Gasteiger partial charge in [-0.25, -0.2) is 8.78 Å². The van der Waals surface area contributed by atoms with Gasteiger partial charge in [0.25, 0.3) is 5.92 Å². The van der Waals surface area contributed by atoms with Gasteiger partial charge in [-0.1, -0.05) is 0 Å². The zero-order valence-electron chi connectivity index (χ0n) is 7.59. The van der Waals surface area contributed by atoms with Crippen LogP contribution in [0.3, 0.4) is 0 Å². The molecule has 0 radical (unpaired) electrons. The van der Waals surface area contributed by atoms with Gasteiger partial charge in [0.2, 0.25) is 0 Å². The van der Waals surface area contributed by atoms with Gasteiger partial charge in [-0.15, -0.1) is 11.3 Å². The summed E-state index contributed by atoms with van der Waals surface area (Å²) in [5, 5.41) is 9.90. The number of carbonyl (C=O) groups is 1. The Hall–Kier alpha value is -0.970. The Kier molecular flexibility index (Phi) is 3.21. The fourth-order valence-electron chi connectivity index (χ4n) is 1.12. The molecule has 0 spiro atoms. The van der Waals surface area contributed by atoms with Crippen molar-refractivity contribution < 1.29 is 18.7 Å². The Morgan fingerprint density at radius 3 is 2.71 bits per heavy atom. The van der Waals surface area contributed by atoms with E-state index in [4.69, 9.17) is 5.11 Å². The van der Waals surface area contributed by atoms with Crippen molar-refractivity contribution in [3.05, 3.63) is 21.9 Å². The largest absolute Gasteiger partial charge is 0.481 e. The van der Waals surface area contributed by atoms with E-state index in [9.17, 15) is 13.6 Å². The lowest BCUT2D eigenvalue weighted by atomic mass is 10.1. The topological polar surface area (TPSA) is 37.3 Å². The second-order valence-electron chi connectivity index (χ2n) is 3.03. The number of aryl methyl sites for hydroxylation is 1. The average molecular weight is 220 g/mol. The number of thiophene rings is 1. The number of rotatable bonds is 4. The maximum Gasteiger partial charge on any atom is 0.303 e. The number of carboxylic acid groups (broad SMARTS) is 1. The summed E-state index contributed by atoms with van der Waals surface area (Å²) in [6.45, 7) is 1.60. The maximum absolute atomic E-state index is 13.4. The van der Waals surface area contributed by atoms with Crippen LogP contribution in [0.2, 0.25) is 0 Å². The number of alkyl halides is 2. The van der Waals surface area contributed by atoms with Crippen LogP contribution in [0.5, 0.6) is 0 Å². The van der Waals surface area contributed by atoms with Crippen molar-refractivity contribution >= 4 is 17.3 Å². The van der Waals surface area contributed by atoms with E-state index in [1.165, 1.54) is 0 Å². The molecule has 0 aliphatic rings.